The van der Waals surface area contributed by atoms with Crippen molar-refractivity contribution < 1.29 is 9.53 Å². The van der Waals surface area contributed by atoms with Crippen LogP contribution in [0.15, 0.2) is 54.2 Å². The largest absolute Gasteiger partial charge is 0.488 e. The van der Waals surface area contributed by atoms with Crippen molar-refractivity contribution in [2.75, 3.05) is 0 Å². The Morgan fingerprint density at radius 1 is 1.10 bits per heavy atom. The summed E-state index contributed by atoms with van der Waals surface area (Å²) in [6, 6.07) is 15.5. The molecule has 1 saturated heterocycles. The SMILES string of the molecule is O=C1/C(=C\c2ccccc2OCc2ccccc2Cl)NC(=S)N1C1CCCCC1. The number of hydrogen-bond acceptors (Lipinski definition) is 3. The fourth-order valence-electron chi connectivity index (χ4n) is 3.88. The van der Waals surface area contributed by atoms with Gasteiger partial charge in [-0.05, 0) is 43.3 Å². The number of benzene rings is 2. The number of amides is 1. The maximum absolute atomic E-state index is 13.0. The average Bonchev–Trinajstić information content (AvgIpc) is 3.02. The molecule has 2 aromatic carbocycles. The highest BCUT2D eigenvalue weighted by atomic mass is 35.5. The Labute approximate surface area is 181 Å². The topological polar surface area (TPSA) is 41.6 Å². The number of rotatable bonds is 5. The molecule has 29 heavy (non-hydrogen) atoms. The van der Waals surface area contributed by atoms with Gasteiger partial charge in [-0.1, -0.05) is 67.3 Å². The lowest BCUT2D eigenvalue weighted by atomic mass is 9.94. The first kappa shape index (κ1) is 19.9. The molecule has 1 aliphatic carbocycles. The molecule has 1 saturated carbocycles. The van der Waals surface area contributed by atoms with Gasteiger partial charge < -0.3 is 10.1 Å². The van der Waals surface area contributed by atoms with E-state index in [1.165, 1.54) is 6.42 Å². The standard InChI is InChI=1S/C23H23ClN2O2S/c24-19-12-6-4-9-17(19)15-28-21-13-7-5-8-16(21)14-20-22(27)26(23(29)25-20)18-10-2-1-3-11-18/h4-9,12-14,18H,1-3,10-11,15H2,(H,25,29)/b20-14+. The van der Waals surface area contributed by atoms with Crippen LogP contribution in [-0.2, 0) is 11.4 Å². The zero-order valence-corrected chi connectivity index (χ0v) is 17.6. The maximum atomic E-state index is 13.0. The van der Waals surface area contributed by atoms with Gasteiger partial charge >= 0.3 is 0 Å². The van der Waals surface area contributed by atoms with Gasteiger partial charge in [0.05, 0.1) is 0 Å². The van der Waals surface area contributed by atoms with Gasteiger partial charge in [0, 0.05) is 22.2 Å². The number of para-hydroxylation sites is 1. The van der Waals surface area contributed by atoms with Crippen LogP contribution < -0.4 is 10.1 Å². The van der Waals surface area contributed by atoms with E-state index in [2.05, 4.69) is 5.32 Å². The molecule has 0 radical (unpaired) electrons. The van der Waals surface area contributed by atoms with Crippen LogP contribution in [0.25, 0.3) is 6.08 Å². The molecule has 1 amide bonds. The Kier molecular flexibility index (Phi) is 6.16. The van der Waals surface area contributed by atoms with Gasteiger partial charge in [-0.2, -0.15) is 0 Å². The third kappa shape index (κ3) is 4.46. The van der Waals surface area contributed by atoms with E-state index < -0.39 is 0 Å². The Morgan fingerprint density at radius 3 is 2.62 bits per heavy atom. The lowest BCUT2D eigenvalue weighted by molar-refractivity contribution is -0.124. The van der Waals surface area contributed by atoms with Gasteiger partial charge in [-0.15, -0.1) is 0 Å². The van der Waals surface area contributed by atoms with E-state index in [4.69, 9.17) is 28.6 Å². The highest BCUT2D eigenvalue weighted by Gasteiger charge is 2.36. The predicted molar refractivity (Wildman–Crippen MR) is 120 cm³/mol. The van der Waals surface area contributed by atoms with Crippen LogP contribution in [0.2, 0.25) is 5.02 Å². The number of ether oxygens (including phenoxy) is 1. The fourth-order valence-corrected chi connectivity index (χ4v) is 4.41. The highest BCUT2D eigenvalue weighted by Crippen LogP contribution is 2.29. The minimum Gasteiger partial charge on any atom is -0.488 e. The average molecular weight is 427 g/mol. The summed E-state index contributed by atoms with van der Waals surface area (Å²) in [4.78, 5) is 14.8. The maximum Gasteiger partial charge on any atom is 0.276 e. The molecule has 2 fully saturated rings. The molecule has 0 unspecified atom stereocenters. The first-order valence-electron chi connectivity index (χ1n) is 9.95. The first-order chi connectivity index (χ1) is 14.1. The van der Waals surface area contributed by atoms with Crippen molar-refractivity contribution in [2.24, 2.45) is 0 Å². The second kappa shape index (κ2) is 8.97. The Balaban J connectivity index is 1.53. The zero-order chi connectivity index (χ0) is 20.2. The highest BCUT2D eigenvalue weighted by molar-refractivity contribution is 7.80. The molecule has 0 bridgehead atoms. The summed E-state index contributed by atoms with van der Waals surface area (Å²) in [6.45, 7) is 0.355. The Hall–Kier alpha value is -2.37. The number of carbonyl (C=O) groups is 1. The number of carbonyl (C=O) groups excluding carboxylic acids is 1. The van der Waals surface area contributed by atoms with E-state index >= 15 is 0 Å². The number of hydrogen-bond donors (Lipinski definition) is 1. The summed E-state index contributed by atoms with van der Waals surface area (Å²) in [6.07, 6.45) is 7.37. The molecular formula is C23H23ClN2O2S. The van der Waals surface area contributed by atoms with Crippen molar-refractivity contribution in [3.63, 3.8) is 0 Å². The number of halogens is 1. The summed E-state index contributed by atoms with van der Waals surface area (Å²) >= 11 is 11.7. The summed E-state index contributed by atoms with van der Waals surface area (Å²) in [5, 5.41) is 4.28. The van der Waals surface area contributed by atoms with Gasteiger partial charge in [0.25, 0.3) is 5.91 Å². The molecule has 2 aromatic rings. The lowest BCUT2D eigenvalue weighted by Crippen LogP contribution is -2.41. The molecule has 1 N–H and O–H groups in total. The molecule has 4 rings (SSSR count). The van der Waals surface area contributed by atoms with Crippen LogP contribution in [0.1, 0.15) is 43.2 Å². The third-order valence-electron chi connectivity index (χ3n) is 5.41. The second-order valence-electron chi connectivity index (χ2n) is 7.37. The molecule has 4 nitrogen and oxygen atoms in total. The van der Waals surface area contributed by atoms with E-state index in [9.17, 15) is 4.79 Å². The Morgan fingerprint density at radius 2 is 1.83 bits per heavy atom. The number of nitrogens with one attached hydrogen (secondary N) is 1. The number of nitrogens with zero attached hydrogens (tertiary/aromatic N) is 1. The predicted octanol–water partition coefficient (Wildman–Crippen LogP) is 5.31. The summed E-state index contributed by atoms with van der Waals surface area (Å²) < 4.78 is 6.01. The van der Waals surface area contributed by atoms with Crippen LogP contribution >= 0.6 is 23.8 Å². The van der Waals surface area contributed by atoms with Crippen molar-refractivity contribution in [1.29, 1.82) is 0 Å². The molecule has 0 aromatic heterocycles. The van der Waals surface area contributed by atoms with E-state index in [1.54, 1.807) is 4.90 Å². The van der Waals surface area contributed by atoms with Crippen LogP contribution in [0.4, 0.5) is 0 Å². The molecule has 1 heterocycles. The first-order valence-corrected chi connectivity index (χ1v) is 10.7. The van der Waals surface area contributed by atoms with E-state index in [1.807, 2.05) is 54.6 Å². The summed E-state index contributed by atoms with van der Waals surface area (Å²) in [7, 11) is 0. The van der Waals surface area contributed by atoms with Crippen LogP contribution in [0.5, 0.6) is 5.75 Å². The van der Waals surface area contributed by atoms with E-state index in [-0.39, 0.29) is 11.9 Å². The van der Waals surface area contributed by atoms with Gasteiger partial charge in [-0.3, -0.25) is 9.69 Å². The molecule has 1 aliphatic heterocycles. The molecule has 2 aliphatic rings. The smallest absolute Gasteiger partial charge is 0.276 e. The van der Waals surface area contributed by atoms with Crippen molar-refractivity contribution in [1.82, 2.24) is 10.2 Å². The summed E-state index contributed by atoms with van der Waals surface area (Å²) in [5.74, 6) is 0.638. The third-order valence-corrected chi connectivity index (χ3v) is 6.08. The summed E-state index contributed by atoms with van der Waals surface area (Å²) in [5.41, 5.74) is 2.23. The fraction of sp³-hybridized carbons (Fsp3) is 0.304. The number of thiocarbonyl (C=S) groups is 1. The van der Waals surface area contributed by atoms with Crippen LogP contribution in [0.3, 0.4) is 0 Å². The minimum atomic E-state index is -0.0530. The monoisotopic (exact) mass is 426 g/mol. The van der Waals surface area contributed by atoms with Crippen molar-refractivity contribution in [3.05, 3.63) is 70.4 Å². The van der Waals surface area contributed by atoms with E-state index in [0.717, 1.165) is 36.8 Å². The molecular weight excluding hydrogens is 404 g/mol. The molecule has 150 valence electrons. The quantitative estimate of drug-likeness (QED) is 0.519. The van der Waals surface area contributed by atoms with Crippen molar-refractivity contribution in [3.8, 4) is 5.75 Å². The Bertz CT molecular complexity index is 953. The van der Waals surface area contributed by atoms with Crippen LogP contribution in [0, 0.1) is 0 Å². The van der Waals surface area contributed by atoms with Gasteiger partial charge in [0.2, 0.25) is 0 Å². The minimum absolute atomic E-state index is 0.0530. The molecule has 0 spiro atoms. The van der Waals surface area contributed by atoms with Gasteiger partial charge in [-0.25, -0.2) is 0 Å². The lowest BCUT2D eigenvalue weighted by Gasteiger charge is -2.29. The molecule has 0 atom stereocenters. The van der Waals surface area contributed by atoms with Crippen molar-refractivity contribution in [2.45, 2.75) is 44.8 Å². The second-order valence-corrected chi connectivity index (χ2v) is 8.17. The molecule has 6 heteroatoms. The van der Waals surface area contributed by atoms with E-state index in [0.29, 0.717) is 28.2 Å². The van der Waals surface area contributed by atoms with Gasteiger partial charge in [0.15, 0.2) is 5.11 Å². The van der Waals surface area contributed by atoms with Crippen LogP contribution in [-0.4, -0.2) is 22.0 Å². The van der Waals surface area contributed by atoms with Gasteiger partial charge in [0.1, 0.15) is 18.1 Å². The normalized spacial score (nSPS) is 18.9. The zero-order valence-electron chi connectivity index (χ0n) is 16.1. The van der Waals surface area contributed by atoms with Crippen molar-refractivity contribution >= 4 is 40.9 Å².